The van der Waals surface area contributed by atoms with Gasteiger partial charge in [0, 0.05) is 20.6 Å². The SMILES string of the molecule is CN1CCC(N(C)c2cnc(C(=O)O)cn2)C1=O. The van der Waals surface area contributed by atoms with Crippen LogP contribution in [0.3, 0.4) is 0 Å². The first-order chi connectivity index (χ1) is 8.50. The third-order valence-electron chi connectivity index (χ3n) is 3.09. The molecule has 2 rings (SSSR count). The lowest BCUT2D eigenvalue weighted by molar-refractivity contribution is -0.127. The second kappa shape index (κ2) is 4.59. The van der Waals surface area contributed by atoms with Gasteiger partial charge >= 0.3 is 5.97 Å². The Labute approximate surface area is 104 Å². The summed E-state index contributed by atoms with van der Waals surface area (Å²) in [6.45, 7) is 0.717. The van der Waals surface area contributed by atoms with Crippen LogP contribution < -0.4 is 4.90 Å². The Hall–Kier alpha value is -2.18. The minimum Gasteiger partial charge on any atom is -0.476 e. The first kappa shape index (κ1) is 12.3. The zero-order chi connectivity index (χ0) is 13.3. The topological polar surface area (TPSA) is 86.6 Å². The molecule has 0 bridgehead atoms. The fourth-order valence-electron chi connectivity index (χ4n) is 1.94. The van der Waals surface area contributed by atoms with Crippen molar-refractivity contribution in [2.24, 2.45) is 0 Å². The highest BCUT2D eigenvalue weighted by molar-refractivity contribution is 5.87. The van der Waals surface area contributed by atoms with E-state index >= 15 is 0 Å². The molecule has 1 aromatic heterocycles. The molecule has 2 heterocycles. The molecule has 1 saturated heterocycles. The van der Waals surface area contributed by atoms with Crippen LogP contribution in [0, 0.1) is 0 Å². The predicted molar refractivity (Wildman–Crippen MR) is 63.4 cm³/mol. The first-order valence-electron chi connectivity index (χ1n) is 5.54. The molecule has 0 aliphatic carbocycles. The van der Waals surface area contributed by atoms with Gasteiger partial charge in [-0.2, -0.15) is 0 Å². The minimum atomic E-state index is -1.12. The molecular formula is C11H14N4O3. The number of likely N-dealkylation sites (N-methyl/N-ethyl adjacent to an activating group) is 2. The van der Waals surface area contributed by atoms with Crippen LogP contribution in [0.4, 0.5) is 5.82 Å². The number of hydrogen-bond acceptors (Lipinski definition) is 5. The fraction of sp³-hybridized carbons (Fsp3) is 0.455. The van der Waals surface area contributed by atoms with Crippen LogP contribution >= 0.6 is 0 Å². The van der Waals surface area contributed by atoms with E-state index in [-0.39, 0.29) is 17.6 Å². The highest BCUT2D eigenvalue weighted by Crippen LogP contribution is 2.19. The lowest BCUT2D eigenvalue weighted by atomic mass is 10.2. The monoisotopic (exact) mass is 250 g/mol. The maximum atomic E-state index is 11.8. The van der Waals surface area contributed by atoms with Gasteiger partial charge in [-0.15, -0.1) is 0 Å². The van der Waals surface area contributed by atoms with Crippen LogP contribution in [0.25, 0.3) is 0 Å². The van der Waals surface area contributed by atoms with Crippen LogP contribution in [0.5, 0.6) is 0 Å². The van der Waals surface area contributed by atoms with E-state index in [1.54, 1.807) is 23.9 Å². The van der Waals surface area contributed by atoms with Crippen molar-refractivity contribution in [3.05, 3.63) is 18.1 Å². The third kappa shape index (κ3) is 2.11. The normalized spacial score (nSPS) is 19.1. The third-order valence-corrected chi connectivity index (χ3v) is 3.09. The number of rotatable bonds is 3. The summed E-state index contributed by atoms with van der Waals surface area (Å²) in [4.78, 5) is 33.7. The van der Waals surface area contributed by atoms with Crippen molar-refractivity contribution >= 4 is 17.7 Å². The smallest absolute Gasteiger partial charge is 0.356 e. The first-order valence-corrected chi connectivity index (χ1v) is 5.54. The standard InChI is InChI=1S/C11H14N4O3/c1-14-4-3-8(10(14)16)15(2)9-6-12-7(5-13-9)11(17)18/h5-6,8H,3-4H2,1-2H3,(H,17,18). The molecule has 7 nitrogen and oxygen atoms in total. The zero-order valence-electron chi connectivity index (χ0n) is 10.2. The van der Waals surface area contributed by atoms with Gasteiger partial charge in [0.05, 0.1) is 12.4 Å². The van der Waals surface area contributed by atoms with E-state index in [4.69, 9.17) is 5.11 Å². The molecule has 0 radical (unpaired) electrons. The maximum absolute atomic E-state index is 11.8. The van der Waals surface area contributed by atoms with Crippen molar-refractivity contribution in [3.63, 3.8) is 0 Å². The molecule has 0 saturated carbocycles. The molecule has 1 aromatic rings. The molecular weight excluding hydrogens is 236 g/mol. The molecule has 1 fully saturated rings. The van der Waals surface area contributed by atoms with E-state index in [1.807, 2.05) is 0 Å². The van der Waals surface area contributed by atoms with Gasteiger partial charge in [-0.05, 0) is 6.42 Å². The zero-order valence-corrected chi connectivity index (χ0v) is 10.2. The summed E-state index contributed by atoms with van der Waals surface area (Å²) in [6, 6.07) is -0.250. The van der Waals surface area contributed by atoms with Crippen molar-refractivity contribution in [2.45, 2.75) is 12.5 Å². The molecule has 0 spiro atoms. The summed E-state index contributed by atoms with van der Waals surface area (Å²) in [5.74, 6) is -0.580. The summed E-state index contributed by atoms with van der Waals surface area (Å²) in [5.41, 5.74) is -0.109. The van der Waals surface area contributed by atoms with Crippen molar-refractivity contribution in [3.8, 4) is 0 Å². The molecule has 1 atom stereocenters. The van der Waals surface area contributed by atoms with Crippen LogP contribution in [-0.2, 0) is 4.79 Å². The average molecular weight is 250 g/mol. The number of aromatic nitrogens is 2. The van der Waals surface area contributed by atoms with Gasteiger partial charge in [-0.1, -0.05) is 0 Å². The summed E-state index contributed by atoms with van der Waals surface area (Å²) in [5, 5.41) is 8.73. The number of carbonyl (C=O) groups excluding carboxylic acids is 1. The number of anilines is 1. The summed E-state index contributed by atoms with van der Waals surface area (Å²) >= 11 is 0. The van der Waals surface area contributed by atoms with Crippen molar-refractivity contribution in [1.82, 2.24) is 14.9 Å². The Bertz CT molecular complexity index is 474. The van der Waals surface area contributed by atoms with Gasteiger partial charge in [-0.25, -0.2) is 14.8 Å². The molecule has 1 unspecified atom stereocenters. The summed E-state index contributed by atoms with van der Waals surface area (Å²) in [7, 11) is 3.52. The van der Waals surface area contributed by atoms with Gasteiger partial charge < -0.3 is 14.9 Å². The van der Waals surface area contributed by atoms with Gasteiger partial charge in [-0.3, -0.25) is 4.79 Å². The molecule has 1 aliphatic heterocycles. The molecule has 96 valence electrons. The Balaban J connectivity index is 2.16. The van der Waals surface area contributed by atoms with Gasteiger partial charge in [0.25, 0.3) is 0 Å². The van der Waals surface area contributed by atoms with Crippen LogP contribution in [-0.4, -0.2) is 58.5 Å². The Morgan fingerprint density at radius 1 is 1.50 bits per heavy atom. The molecule has 0 aromatic carbocycles. The Kier molecular flexibility index (Phi) is 3.14. The largest absolute Gasteiger partial charge is 0.476 e. The minimum absolute atomic E-state index is 0.0432. The van der Waals surface area contributed by atoms with Crippen LogP contribution in [0.2, 0.25) is 0 Å². The highest BCUT2D eigenvalue weighted by Gasteiger charge is 2.32. The van der Waals surface area contributed by atoms with E-state index in [0.29, 0.717) is 12.4 Å². The molecule has 7 heteroatoms. The average Bonchev–Trinajstić information content (AvgIpc) is 2.69. The van der Waals surface area contributed by atoms with Gasteiger partial charge in [0.2, 0.25) is 5.91 Å². The van der Waals surface area contributed by atoms with Crippen LogP contribution in [0.15, 0.2) is 12.4 Å². The molecule has 1 aliphatic rings. The number of aromatic carboxylic acids is 1. The second-order valence-electron chi connectivity index (χ2n) is 4.24. The fourth-order valence-corrected chi connectivity index (χ4v) is 1.94. The number of likely N-dealkylation sites (tertiary alicyclic amines) is 1. The van der Waals surface area contributed by atoms with Crippen molar-refractivity contribution < 1.29 is 14.7 Å². The van der Waals surface area contributed by atoms with Gasteiger partial charge in [0.1, 0.15) is 11.9 Å². The number of hydrogen-bond donors (Lipinski definition) is 1. The number of carboxylic acid groups (broad SMARTS) is 1. The van der Waals surface area contributed by atoms with Crippen molar-refractivity contribution in [2.75, 3.05) is 25.5 Å². The number of nitrogens with zero attached hydrogens (tertiary/aromatic N) is 4. The molecule has 1 N–H and O–H groups in total. The van der Waals surface area contributed by atoms with Gasteiger partial charge in [0.15, 0.2) is 5.69 Å². The van der Waals surface area contributed by atoms with E-state index in [2.05, 4.69) is 9.97 Å². The number of carbonyl (C=O) groups is 2. The van der Waals surface area contributed by atoms with E-state index in [0.717, 1.165) is 6.42 Å². The summed E-state index contributed by atoms with van der Waals surface area (Å²) < 4.78 is 0. The lowest BCUT2D eigenvalue weighted by Gasteiger charge is -2.23. The second-order valence-corrected chi connectivity index (χ2v) is 4.24. The summed E-state index contributed by atoms with van der Waals surface area (Å²) in [6.07, 6.45) is 3.29. The number of carboxylic acids is 1. The Morgan fingerprint density at radius 2 is 2.22 bits per heavy atom. The predicted octanol–water partition coefficient (Wildman–Crippen LogP) is -0.158. The molecule has 1 amide bonds. The highest BCUT2D eigenvalue weighted by atomic mass is 16.4. The van der Waals surface area contributed by atoms with E-state index in [9.17, 15) is 9.59 Å². The van der Waals surface area contributed by atoms with Crippen LogP contribution in [0.1, 0.15) is 16.9 Å². The lowest BCUT2D eigenvalue weighted by Crippen LogP contribution is -2.39. The number of amides is 1. The Morgan fingerprint density at radius 3 is 2.67 bits per heavy atom. The van der Waals surface area contributed by atoms with Crippen molar-refractivity contribution in [1.29, 1.82) is 0 Å². The maximum Gasteiger partial charge on any atom is 0.356 e. The van der Waals surface area contributed by atoms with E-state index < -0.39 is 5.97 Å². The quantitative estimate of drug-likeness (QED) is 0.802. The van der Waals surface area contributed by atoms with E-state index in [1.165, 1.54) is 12.4 Å². The molecule has 18 heavy (non-hydrogen) atoms.